The van der Waals surface area contributed by atoms with E-state index in [-0.39, 0.29) is 29.9 Å². The van der Waals surface area contributed by atoms with Gasteiger partial charge in [-0.15, -0.1) is 0 Å². The van der Waals surface area contributed by atoms with Crippen LogP contribution in [-0.4, -0.2) is 30.7 Å². The Balaban J connectivity index is 1.85. The molecule has 5 heteroatoms. The van der Waals surface area contributed by atoms with Crippen molar-refractivity contribution >= 4 is 11.6 Å². The molecule has 1 aromatic carbocycles. The van der Waals surface area contributed by atoms with Gasteiger partial charge in [0.2, 0.25) is 5.91 Å². The van der Waals surface area contributed by atoms with Crippen molar-refractivity contribution in [2.45, 2.75) is 31.9 Å². The van der Waals surface area contributed by atoms with E-state index < -0.39 is 0 Å². The third-order valence-corrected chi connectivity index (χ3v) is 3.65. The van der Waals surface area contributed by atoms with Gasteiger partial charge in [0.1, 0.15) is 5.82 Å². The number of ether oxygens (including phenoxy) is 1. The number of nitrogens with one attached hydrogen (secondary N) is 2. The average molecular weight is 266 g/mol. The summed E-state index contributed by atoms with van der Waals surface area (Å²) in [5.74, 6) is -0.554. The van der Waals surface area contributed by atoms with Crippen LogP contribution in [0.1, 0.15) is 20.3 Å². The topological polar surface area (TPSA) is 50.4 Å². The van der Waals surface area contributed by atoms with Gasteiger partial charge in [0.15, 0.2) is 0 Å². The van der Waals surface area contributed by atoms with Gasteiger partial charge in [-0.25, -0.2) is 4.39 Å². The molecule has 19 heavy (non-hydrogen) atoms. The number of carbonyl (C=O) groups excluding carboxylic acids is 1. The molecule has 1 amide bonds. The van der Waals surface area contributed by atoms with E-state index in [1.165, 1.54) is 12.1 Å². The van der Waals surface area contributed by atoms with Crippen LogP contribution in [0.15, 0.2) is 24.3 Å². The van der Waals surface area contributed by atoms with Crippen molar-refractivity contribution in [3.63, 3.8) is 0 Å². The highest BCUT2D eigenvalue weighted by molar-refractivity contribution is 5.92. The SMILES string of the molecule is CC1OCCC1(C)NCC(=O)Nc1cccc(F)c1. The molecule has 1 fully saturated rings. The number of benzene rings is 1. The zero-order valence-corrected chi connectivity index (χ0v) is 11.2. The maximum absolute atomic E-state index is 13.0. The molecule has 1 saturated heterocycles. The van der Waals surface area contributed by atoms with Crippen molar-refractivity contribution in [3.05, 3.63) is 30.1 Å². The minimum absolute atomic E-state index is 0.0782. The monoisotopic (exact) mass is 266 g/mol. The van der Waals surface area contributed by atoms with Crippen molar-refractivity contribution in [2.24, 2.45) is 0 Å². The molecule has 2 unspecified atom stereocenters. The normalized spacial score (nSPS) is 26.4. The molecular weight excluding hydrogens is 247 g/mol. The second-order valence-electron chi connectivity index (χ2n) is 5.09. The van der Waals surface area contributed by atoms with Crippen LogP contribution >= 0.6 is 0 Å². The lowest BCUT2D eigenvalue weighted by atomic mass is 9.95. The average Bonchev–Trinajstić information content (AvgIpc) is 2.68. The van der Waals surface area contributed by atoms with Crippen LogP contribution in [0.4, 0.5) is 10.1 Å². The first kappa shape index (κ1) is 14.0. The van der Waals surface area contributed by atoms with Gasteiger partial charge in [0.25, 0.3) is 0 Å². The Labute approximate surface area is 112 Å². The Morgan fingerprint density at radius 2 is 2.37 bits per heavy atom. The van der Waals surface area contributed by atoms with Gasteiger partial charge in [-0.05, 0) is 38.5 Å². The summed E-state index contributed by atoms with van der Waals surface area (Å²) in [7, 11) is 0. The Hall–Kier alpha value is -1.46. The van der Waals surface area contributed by atoms with Crippen molar-refractivity contribution in [3.8, 4) is 0 Å². The number of anilines is 1. The Kier molecular flexibility index (Phi) is 4.17. The van der Waals surface area contributed by atoms with E-state index in [9.17, 15) is 9.18 Å². The van der Waals surface area contributed by atoms with E-state index >= 15 is 0 Å². The lowest BCUT2D eigenvalue weighted by molar-refractivity contribution is -0.115. The fourth-order valence-corrected chi connectivity index (χ4v) is 2.12. The Morgan fingerprint density at radius 1 is 1.58 bits per heavy atom. The van der Waals surface area contributed by atoms with Crippen LogP contribution < -0.4 is 10.6 Å². The highest BCUT2D eigenvalue weighted by Crippen LogP contribution is 2.24. The summed E-state index contributed by atoms with van der Waals surface area (Å²) < 4.78 is 18.5. The van der Waals surface area contributed by atoms with E-state index in [1.807, 2.05) is 13.8 Å². The van der Waals surface area contributed by atoms with Gasteiger partial charge in [-0.1, -0.05) is 6.07 Å². The lowest BCUT2D eigenvalue weighted by Crippen LogP contribution is -2.50. The van der Waals surface area contributed by atoms with Crippen molar-refractivity contribution in [1.29, 1.82) is 0 Å². The van der Waals surface area contributed by atoms with E-state index in [0.717, 1.165) is 6.42 Å². The van der Waals surface area contributed by atoms with E-state index in [1.54, 1.807) is 12.1 Å². The van der Waals surface area contributed by atoms with Crippen LogP contribution in [-0.2, 0) is 9.53 Å². The van der Waals surface area contributed by atoms with Gasteiger partial charge in [-0.3, -0.25) is 4.79 Å². The fraction of sp³-hybridized carbons (Fsp3) is 0.500. The smallest absolute Gasteiger partial charge is 0.238 e. The Bertz CT molecular complexity index is 467. The number of amides is 1. The van der Waals surface area contributed by atoms with Crippen LogP contribution in [0.25, 0.3) is 0 Å². The first-order valence-corrected chi connectivity index (χ1v) is 6.42. The number of halogens is 1. The highest BCUT2D eigenvalue weighted by atomic mass is 19.1. The molecule has 2 rings (SSSR count). The first-order chi connectivity index (χ1) is 8.99. The summed E-state index contributed by atoms with van der Waals surface area (Å²) in [6, 6.07) is 5.85. The van der Waals surface area contributed by atoms with Gasteiger partial charge in [-0.2, -0.15) is 0 Å². The third kappa shape index (κ3) is 3.52. The highest BCUT2D eigenvalue weighted by Gasteiger charge is 2.36. The van der Waals surface area contributed by atoms with Gasteiger partial charge in [0, 0.05) is 17.8 Å². The molecule has 0 aliphatic carbocycles. The van der Waals surface area contributed by atoms with Crippen molar-refractivity contribution in [1.82, 2.24) is 5.32 Å². The molecule has 2 N–H and O–H groups in total. The fourth-order valence-electron chi connectivity index (χ4n) is 2.12. The molecule has 4 nitrogen and oxygen atoms in total. The summed E-state index contributed by atoms with van der Waals surface area (Å²) in [6.45, 7) is 4.92. The van der Waals surface area contributed by atoms with Crippen LogP contribution in [0.3, 0.4) is 0 Å². The number of hydrogen-bond donors (Lipinski definition) is 2. The van der Waals surface area contributed by atoms with Gasteiger partial charge < -0.3 is 15.4 Å². The number of carbonyl (C=O) groups is 1. The van der Waals surface area contributed by atoms with Crippen LogP contribution in [0, 0.1) is 5.82 Å². The minimum Gasteiger partial charge on any atom is -0.377 e. The van der Waals surface area contributed by atoms with Crippen LogP contribution in [0.5, 0.6) is 0 Å². The lowest BCUT2D eigenvalue weighted by Gasteiger charge is -2.28. The summed E-state index contributed by atoms with van der Waals surface area (Å²) in [5, 5.41) is 5.87. The number of hydrogen-bond acceptors (Lipinski definition) is 3. The molecule has 0 bridgehead atoms. The summed E-state index contributed by atoms with van der Waals surface area (Å²) in [5.41, 5.74) is 0.284. The van der Waals surface area contributed by atoms with Crippen LogP contribution in [0.2, 0.25) is 0 Å². The molecule has 0 radical (unpaired) electrons. The van der Waals surface area contributed by atoms with Crippen molar-refractivity contribution in [2.75, 3.05) is 18.5 Å². The second-order valence-corrected chi connectivity index (χ2v) is 5.09. The van der Waals surface area contributed by atoms with Gasteiger partial charge >= 0.3 is 0 Å². The summed E-state index contributed by atoms with van der Waals surface area (Å²) in [4.78, 5) is 11.8. The molecule has 1 heterocycles. The summed E-state index contributed by atoms with van der Waals surface area (Å²) in [6.07, 6.45) is 0.955. The zero-order chi connectivity index (χ0) is 13.9. The zero-order valence-electron chi connectivity index (χ0n) is 11.2. The molecule has 1 aromatic rings. The predicted molar refractivity (Wildman–Crippen MR) is 71.5 cm³/mol. The Morgan fingerprint density at radius 3 is 3.00 bits per heavy atom. The van der Waals surface area contributed by atoms with Gasteiger partial charge in [0.05, 0.1) is 12.6 Å². The maximum Gasteiger partial charge on any atom is 0.238 e. The standard InChI is InChI=1S/C14H19FN2O2/c1-10-14(2,6-7-19-10)16-9-13(18)17-12-5-3-4-11(15)8-12/h3-5,8,10,16H,6-7,9H2,1-2H3,(H,17,18). The maximum atomic E-state index is 13.0. The predicted octanol–water partition coefficient (Wildman–Crippen LogP) is 1.92. The third-order valence-electron chi connectivity index (χ3n) is 3.65. The molecular formula is C14H19FN2O2. The summed E-state index contributed by atoms with van der Waals surface area (Å²) >= 11 is 0. The van der Waals surface area contributed by atoms with Crippen molar-refractivity contribution < 1.29 is 13.9 Å². The quantitative estimate of drug-likeness (QED) is 0.875. The molecule has 0 aromatic heterocycles. The molecule has 0 spiro atoms. The molecule has 1 aliphatic heterocycles. The molecule has 0 saturated carbocycles. The minimum atomic E-state index is -0.365. The first-order valence-electron chi connectivity index (χ1n) is 6.42. The molecule has 1 aliphatic rings. The second kappa shape index (κ2) is 5.67. The molecule has 2 atom stereocenters. The van der Waals surface area contributed by atoms with E-state index in [2.05, 4.69) is 10.6 Å². The largest absolute Gasteiger partial charge is 0.377 e. The number of rotatable bonds is 4. The van der Waals surface area contributed by atoms with E-state index in [0.29, 0.717) is 12.3 Å². The van der Waals surface area contributed by atoms with E-state index in [4.69, 9.17) is 4.74 Å². The molecule has 104 valence electrons.